The van der Waals surface area contributed by atoms with Crippen molar-refractivity contribution >= 4 is 5.96 Å². The summed E-state index contributed by atoms with van der Waals surface area (Å²) in [6, 6.07) is 8.56. The normalized spacial score (nSPS) is 21.3. The molecule has 0 amide bonds. The molecule has 0 saturated carbocycles. The number of nitrogens with one attached hydrogen (secondary N) is 2. The van der Waals surface area contributed by atoms with Crippen LogP contribution in [0.15, 0.2) is 29.3 Å². The van der Waals surface area contributed by atoms with Crippen LogP contribution in [-0.4, -0.2) is 63.4 Å². The van der Waals surface area contributed by atoms with Crippen LogP contribution in [0.25, 0.3) is 0 Å². The van der Waals surface area contributed by atoms with Crippen molar-refractivity contribution in [3.05, 3.63) is 29.8 Å². The van der Waals surface area contributed by atoms with Gasteiger partial charge in [-0.1, -0.05) is 26.0 Å². The minimum atomic E-state index is -0.0946. The summed E-state index contributed by atoms with van der Waals surface area (Å²) in [6.45, 7) is 10.9. The molecule has 2 rings (SSSR count). The second-order valence-corrected chi connectivity index (χ2v) is 7.22. The Balaban J connectivity index is 2.03. The Morgan fingerprint density at radius 3 is 2.70 bits per heavy atom. The number of methoxy groups -OCH3 is 1. The molecule has 6 nitrogen and oxygen atoms in total. The van der Waals surface area contributed by atoms with Crippen molar-refractivity contribution in [3.63, 3.8) is 0 Å². The van der Waals surface area contributed by atoms with Crippen LogP contribution in [0.5, 0.6) is 5.75 Å². The van der Waals surface area contributed by atoms with Crippen LogP contribution in [0.1, 0.15) is 45.2 Å². The lowest BCUT2D eigenvalue weighted by molar-refractivity contribution is 0.0242. The Bertz CT molecular complexity index is 596. The number of aliphatic imine (C=N–C) groups is 1. The number of guanidine groups is 1. The molecular weight excluding hydrogens is 340 g/mol. The molecule has 1 aromatic rings. The van der Waals surface area contributed by atoms with Gasteiger partial charge in [0.1, 0.15) is 5.75 Å². The number of benzene rings is 1. The fraction of sp³-hybridized carbons (Fsp3) is 0.667. The Labute approximate surface area is 164 Å². The van der Waals surface area contributed by atoms with Gasteiger partial charge in [0.25, 0.3) is 0 Å². The molecule has 1 aromatic carbocycles. The number of nitrogens with zero attached hydrogens (tertiary/aromatic N) is 2. The van der Waals surface area contributed by atoms with Crippen LogP contribution in [-0.2, 0) is 4.74 Å². The van der Waals surface area contributed by atoms with E-state index in [4.69, 9.17) is 9.47 Å². The van der Waals surface area contributed by atoms with Crippen LogP contribution in [0.3, 0.4) is 0 Å². The number of likely N-dealkylation sites (N-methyl/N-ethyl adjacent to an activating group) is 1. The van der Waals surface area contributed by atoms with E-state index in [0.29, 0.717) is 0 Å². The zero-order valence-electron chi connectivity index (χ0n) is 17.5. The molecule has 0 bridgehead atoms. The van der Waals surface area contributed by atoms with Gasteiger partial charge in [-0.2, -0.15) is 0 Å². The standard InChI is InChI=1S/C21H36N4O2/c1-6-25(7-2)19(17-10-8-11-18(14-17)26-5)15-23-20(22-4)24-16-21(3)12-9-13-27-21/h8,10-11,14,19H,6-7,9,12-13,15-16H2,1-5H3,(H2,22,23,24). The molecule has 0 radical (unpaired) electrons. The van der Waals surface area contributed by atoms with Crippen LogP contribution >= 0.6 is 0 Å². The Morgan fingerprint density at radius 2 is 2.11 bits per heavy atom. The highest BCUT2D eigenvalue weighted by atomic mass is 16.5. The van der Waals surface area contributed by atoms with Gasteiger partial charge in [0.2, 0.25) is 0 Å². The van der Waals surface area contributed by atoms with Gasteiger partial charge in [0, 0.05) is 26.7 Å². The van der Waals surface area contributed by atoms with E-state index < -0.39 is 0 Å². The summed E-state index contributed by atoms with van der Waals surface area (Å²) in [5, 5.41) is 6.92. The first-order valence-electron chi connectivity index (χ1n) is 10.0. The van der Waals surface area contributed by atoms with Gasteiger partial charge in [-0.05, 0) is 50.6 Å². The number of hydrogen-bond donors (Lipinski definition) is 2. The predicted molar refractivity (Wildman–Crippen MR) is 112 cm³/mol. The van der Waals surface area contributed by atoms with Crippen molar-refractivity contribution < 1.29 is 9.47 Å². The zero-order chi connectivity index (χ0) is 19.7. The van der Waals surface area contributed by atoms with Crippen LogP contribution in [0, 0.1) is 0 Å². The van der Waals surface area contributed by atoms with E-state index in [1.54, 1.807) is 7.11 Å². The summed E-state index contributed by atoms with van der Waals surface area (Å²) in [5.74, 6) is 1.70. The molecule has 0 spiro atoms. The first kappa shape index (κ1) is 21.5. The molecule has 2 unspecified atom stereocenters. The Hall–Kier alpha value is -1.79. The zero-order valence-corrected chi connectivity index (χ0v) is 17.5. The van der Waals surface area contributed by atoms with E-state index in [0.717, 1.165) is 57.3 Å². The summed E-state index contributed by atoms with van der Waals surface area (Å²) >= 11 is 0. The lowest BCUT2D eigenvalue weighted by Crippen LogP contribution is -2.47. The van der Waals surface area contributed by atoms with Gasteiger partial charge >= 0.3 is 0 Å². The first-order valence-corrected chi connectivity index (χ1v) is 10.0. The highest BCUT2D eigenvalue weighted by Gasteiger charge is 2.29. The average molecular weight is 377 g/mol. The SMILES string of the molecule is CCN(CC)C(CNC(=NC)NCC1(C)CCCO1)c1cccc(OC)c1. The topological polar surface area (TPSA) is 58.1 Å². The summed E-state index contributed by atoms with van der Waals surface area (Å²) in [5.41, 5.74) is 1.15. The van der Waals surface area contributed by atoms with Gasteiger partial charge in [-0.15, -0.1) is 0 Å². The van der Waals surface area contributed by atoms with Gasteiger partial charge in [0.15, 0.2) is 5.96 Å². The Morgan fingerprint density at radius 1 is 1.33 bits per heavy atom. The summed E-state index contributed by atoms with van der Waals surface area (Å²) in [6.07, 6.45) is 2.22. The third-order valence-electron chi connectivity index (χ3n) is 5.35. The number of rotatable bonds is 9. The fourth-order valence-corrected chi connectivity index (χ4v) is 3.63. The molecule has 0 aromatic heterocycles. The van der Waals surface area contributed by atoms with Crippen molar-refractivity contribution in [2.45, 2.75) is 45.3 Å². The second-order valence-electron chi connectivity index (χ2n) is 7.22. The van der Waals surface area contributed by atoms with Crippen molar-refractivity contribution in [1.82, 2.24) is 15.5 Å². The minimum absolute atomic E-state index is 0.0946. The van der Waals surface area contributed by atoms with Crippen molar-refractivity contribution in [2.24, 2.45) is 4.99 Å². The molecule has 2 N–H and O–H groups in total. The fourth-order valence-electron chi connectivity index (χ4n) is 3.63. The molecule has 1 heterocycles. The molecule has 6 heteroatoms. The average Bonchev–Trinajstić information content (AvgIpc) is 3.14. The molecule has 1 fully saturated rings. The third-order valence-corrected chi connectivity index (χ3v) is 5.35. The van der Waals surface area contributed by atoms with E-state index in [9.17, 15) is 0 Å². The molecule has 1 aliphatic heterocycles. The van der Waals surface area contributed by atoms with Crippen LogP contribution in [0.4, 0.5) is 0 Å². The number of hydrogen-bond acceptors (Lipinski definition) is 4. The predicted octanol–water partition coefficient (Wildman–Crippen LogP) is 2.81. The van der Waals surface area contributed by atoms with E-state index in [-0.39, 0.29) is 11.6 Å². The smallest absolute Gasteiger partial charge is 0.191 e. The van der Waals surface area contributed by atoms with Gasteiger partial charge in [-0.25, -0.2) is 0 Å². The summed E-state index contributed by atoms with van der Waals surface area (Å²) in [7, 11) is 3.52. The largest absolute Gasteiger partial charge is 0.497 e. The molecule has 1 saturated heterocycles. The van der Waals surface area contributed by atoms with E-state index in [2.05, 4.69) is 59.5 Å². The lowest BCUT2D eigenvalue weighted by atomic mass is 10.0. The molecule has 152 valence electrons. The molecule has 1 aliphatic rings. The second kappa shape index (κ2) is 10.5. The maximum Gasteiger partial charge on any atom is 0.191 e. The number of ether oxygens (including phenoxy) is 2. The van der Waals surface area contributed by atoms with Crippen molar-refractivity contribution in [1.29, 1.82) is 0 Å². The monoisotopic (exact) mass is 376 g/mol. The third kappa shape index (κ3) is 6.11. The minimum Gasteiger partial charge on any atom is -0.497 e. The molecule has 27 heavy (non-hydrogen) atoms. The van der Waals surface area contributed by atoms with Crippen LogP contribution in [0.2, 0.25) is 0 Å². The molecule has 2 atom stereocenters. The van der Waals surface area contributed by atoms with Crippen LogP contribution < -0.4 is 15.4 Å². The van der Waals surface area contributed by atoms with Gasteiger partial charge < -0.3 is 20.1 Å². The lowest BCUT2D eigenvalue weighted by Gasteiger charge is -2.31. The van der Waals surface area contributed by atoms with Crippen molar-refractivity contribution in [2.75, 3.05) is 46.9 Å². The first-order chi connectivity index (χ1) is 13.0. The summed E-state index contributed by atoms with van der Waals surface area (Å²) < 4.78 is 11.3. The van der Waals surface area contributed by atoms with E-state index >= 15 is 0 Å². The maximum atomic E-state index is 5.86. The van der Waals surface area contributed by atoms with Crippen molar-refractivity contribution in [3.8, 4) is 5.75 Å². The quantitative estimate of drug-likeness (QED) is 0.513. The highest BCUT2D eigenvalue weighted by Crippen LogP contribution is 2.25. The molecule has 0 aliphatic carbocycles. The van der Waals surface area contributed by atoms with Gasteiger partial charge in [0.05, 0.1) is 18.8 Å². The van der Waals surface area contributed by atoms with E-state index in [1.807, 2.05) is 13.1 Å². The molecular formula is C21H36N4O2. The summed E-state index contributed by atoms with van der Waals surface area (Å²) in [4.78, 5) is 6.83. The van der Waals surface area contributed by atoms with Gasteiger partial charge in [-0.3, -0.25) is 9.89 Å². The maximum absolute atomic E-state index is 5.86. The highest BCUT2D eigenvalue weighted by molar-refractivity contribution is 5.79. The van der Waals surface area contributed by atoms with E-state index in [1.165, 1.54) is 5.56 Å². The Kier molecular flexibility index (Phi) is 8.38.